The molecule has 0 saturated carbocycles. The molecule has 0 heteroatoms. The second-order valence-electron chi connectivity index (χ2n) is 6.70. The van der Waals surface area contributed by atoms with Gasteiger partial charge in [-0.3, -0.25) is 0 Å². The first-order valence-electron chi connectivity index (χ1n) is 10.0. The van der Waals surface area contributed by atoms with Crippen molar-refractivity contribution in [2.24, 2.45) is 0 Å². The molecule has 0 aromatic heterocycles. The number of aryl methyl sites for hydroxylation is 1. The predicted molar refractivity (Wildman–Crippen MR) is 113 cm³/mol. The van der Waals surface area contributed by atoms with E-state index >= 15 is 0 Å². The summed E-state index contributed by atoms with van der Waals surface area (Å²) in [7, 11) is 0. The highest BCUT2D eigenvalue weighted by molar-refractivity contribution is 5.46. The van der Waals surface area contributed by atoms with E-state index in [0.717, 1.165) is 23.1 Å². The summed E-state index contributed by atoms with van der Waals surface area (Å²) in [6.45, 7) is 4.33. The zero-order valence-corrected chi connectivity index (χ0v) is 16.3. The van der Waals surface area contributed by atoms with Crippen LogP contribution in [0.25, 0.3) is 0 Å². The molecule has 26 heavy (non-hydrogen) atoms. The van der Waals surface area contributed by atoms with Crippen LogP contribution in [0.3, 0.4) is 0 Å². The van der Waals surface area contributed by atoms with Gasteiger partial charge in [0.15, 0.2) is 0 Å². The zero-order valence-electron chi connectivity index (χ0n) is 16.3. The van der Waals surface area contributed by atoms with E-state index in [4.69, 9.17) is 0 Å². The Morgan fingerprint density at radius 3 is 1.65 bits per heavy atom. The summed E-state index contributed by atoms with van der Waals surface area (Å²) in [6, 6.07) is 16.9. The van der Waals surface area contributed by atoms with Crippen molar-refractivity contribution in [1.29, 1.82) is 0 Å². The Morgan fingerprint density at radius 2 is 1.08 bits per heavy atom. The lowest BCUT2D eigenvalue weighted by atomic mass is 10.0. The van der Waals surface area contributed by atoms with E-state index < -0.39 is 0 Å². The molecule has 0 N–H and O–H groups in total. The van der Waals surface area contributed by atoms with Crippen LogP contribution in [0.15, 0.2) is 48.5 Å². The van der Waals surface area contributed by atoms with Gasteiger partial charge in [0.1, 0.15) is 0 Å². The number of unbranched alkanes of at least 4 members (excludes halogenated alkanes) is 5. The molecule has 2 aromatic carbocycles. The Morgan fingerprint density at radius 1 is 0.577 bits per heavy atom. The summed E-state index contributed by atoms with van der Waals surface area (Å²) in [5, 5.41) is 0. The smallest absolute Gasteiger partial charge is 0.0249 e. The fourth-order valence-corrected chi connectivity index (χ4v) is 2.84. The molecule has 2 aromatic rings. The monoisotopic (exact) mass is 342 g/mol. The average Bonchev–Trinajstić information content (AvgIpc) is 2.69. The lowest BCUT2D eigenvalue weighted by Gasteiger charge is -2.02. The molecule has 0 aliphatic heterocycles. The maximum atomic E-state index is 3.26. The molecule has 0 radical (unpaired) electrons. The van der Waals surface area contributed by atoms with Crippen LogP contribution in [0, 0.1) is 23.7 Å². The lowest BCUT2D eigenvalue weighted by Crippen LogP contribution is -1.87. The van der Waals surface area contributed by atoms with Gasteiger partial charge in [-0.25, -0.2) is 0 Å². The molecular formula is C26H30. The van der Waals surface area contributed by atoms with E-state index in [-0.39, 0.29) is 0 Å². The Labute approximate surface area is 160 Å². The van der Waals surface area contributed by atoms with Gasteiger partial charge in [0, 0.05) is 23.1 Å². The largest absolute Gasteiger partial charge is 0.0982 e. The van der Waals surface area contributed by atoms with Gasteiger partial charge in [-0.2, -0.15) is 0 Å². The summed E-state index contributed by atoms with van der Waals surface area (Å²) < 4.78 is 0. The zero-order chi connectivity index (χ0) is 18.5. The van der Waals surface area contributed by atoms with Gasteiger partial charge >= 0.3 is 0 Å². The van der Waals surface area contributed by atoms with Gasteiger partial charge < -0.3 is 0 Å². The van der Waals surface area contributed by atoms with Crippen molar-refractivity contribution in [1.82, 2.24) is 0 Å². The molecular weight excluding hydrogens is 312 g/mol. The molecule has 0 atom stereocenters. The minimum Gasteiger partial charge on any atom is -0.0982 e. The van der Waals surface area contributed by atoms with Gasteiger partial charge in [0.2, 0.25) is 0 Å². The van der Waals surface area contributed by atoms with E-state index in [0.29, 0.717) is 0 Å². The molecule has 0 amide bonds. The van der Waals surface area contributed by atoms with E-state index in [1.54, 1.807) is 0 Å². The van der Waals surface area contributed by atoms with Crippen LogP contribution in [0.5, 0.6) is 0 Å². The van der Waals surface area contributed by atoms with Crippen molar-refractivity contribution < 1.29 is 0 Å². The molecule has 0 nitrogen and oxygen atoms in total. The number of hydrogen-bond donors (Lipinski definition) is 0. The van der Waals surface area contributed by atoms with Crippen LogP contribution in [-0.4, -0.2) is 0 Å². The third-order valence-corrected chi connectivity index (χ3v) is 4.42. The molecule has 0 aliphatic carbocycles. The van der Waals surface area contributed by atoms with Gasteiger partial charge in [-0.15, -0.1) is 0 Å². The van der Waals surface area contributed by atoms with E-state index in [1.807, 2.05) is 24.3 Å². The fraction of sp³-hybridized carbons (Fsp3) is 0.385. The van der Waals surface area contributed by atoms with E-state index in [9.17, 15) is 0 Å². The molecule has 0 aliphatic rings. The predicted octanol–water partition coefficient (Wildman–Crippen LogP) is 6.75. The van der Waals surface area contributed by atoms with Crippen molar-refractivity contribution in [3.8, 4) is 23.7 Å². The van der Waals surface area contributed by atoms with E-state index in [1.165, 1.54) is 50.5 Å². The summed E-state index contributed by atoms with van der Waals surface area (Å²) in [5.74, 6) is 12.7. The van der Waals surface area contributed by atoms with E-state index in [2.05, 4.69) is 61.8 Å². The van der Waals surface area contributed by atoms with Crippen LogP contribution in [0.2, 0.25) is 0 Å². The molecule has 0 heterocycles. The third-order valence-electron chi connectivity index (χ3n) is 4.42. The fourth-order valence-electron chi connectivity index (χ4n) is 2.84. The molecule has 0 spiro atoms. The topological polar surface area (TPSA) is 0 Å². The molecule has 2 rings (SSSR count). The number of rotatable bonds is 7. The van der Waals surface area contributed by atoms with Crippen LogP contribution in [0.4, 0.5) is 0 Å². The quantitative estimate of drug-likeness (QED) is 0.385. The van der Waals surface area contributed by atoms with Crippen molar-refractivity contribution in [3.63, 3.8) is 0 Å². The van der Waals surface area contributed by atoms with Gasteiger partial charge in [-0.05, 0) is 54.8 Å². The van der Waals surface area contributed by atoms with Gasteiger partial charge in [0.25, 0.3) is 0 Å². The second-order valence-corrected chi connectivity index (χ2v) is 6.70. The number of hydrogen-bond acceptors (Lipinski definition) is 0. The first kappa shape index (κ1) is 19.9. The molecule has 0 unspecified atom stereocenters. The average molecular weight is 343 g/mol. The van der Waals surface area contributed by atoms with Crippen LogP contribution >= 0.6 is 0 Å². The second kappa shape index (κ2) is 12.0. The van der Waals surface area contributed by atoms with Crippen molar-refractivity contribution in [3.05, 3.63) is 70.8 Å². The Bertz CT molecular complexity index is 755. The first-order valence-corrected chi connectivity index (χ1v) is 10.0. The highest BCUT2D eigenvalue weighted by Gasteiger charge is 1.95. The minimum absolute atomic E-state index is 0.885. The van der Waals surface area contributed by atoms with Gasteiger partial charge in [0.05, 0.1) is 0 Å². The summed E-state index contributed by atoms with van der Waals surface area (Å²) >= 11 is 0. The summed E-state index contributed by atoms with van der Waals surface area (Å²) in [6.07, 6.45) is 10.2. The van der Waals surface area contributed by atoms with Crippen LogP contribution in [0.1, 0.15) is 81.0 Å². The normalized spacial score (nSPS) is 9.77. The van der Waals surface area contributed by atoms with Crippen LogP contribution < -0.4 is 0 Å². The summed E-state index contributed by atoms with van der Waals surface area (Å²) in [4.78, 5) is 0. The SMILES string of the molecule is CCC#Cc1ccc(C#Cc2ccc(CCCCCCCC)cc2)cc1. The van der Waals surface area contributed by atoms with Crippen LogP contribution in [-0.2, 0) is 6.42 Å². The maximum absolute atomic E-state index is 3.26. The first-order chi connectivity index (χ1) is 12.8. The van der Waals surface area contributed by atoms with Crippen molar-refractivity contribution in [2.45, 2.75) is 65.2 Å². The Hall–Kier alpha value is -2.44. The molecule has 134 valence electrons. The highest BCUT2D eigenvalue weighted by Crippen LogP contribution is 2.11. The van der Waals surface area contributed by atoms with Crippen molar-refractivity contribution >= 4 is 0 Å². The molecule has 0 fully saturated rings. The standard InChI is InChI=1S/C26H30/c1-3-5-7-8-9-10-12-24-15-19-26(20-16-24)22-21-25-17-13-23(14-18-25)11-6-4-2/h13-20H,3-5,7-10,12H2,1-2H3. The number of benzene rings is 2. The van der Waals surface area contributed by atoms with Gasteiger partial charge in [-0.1, -0.05) is 81.8 Å². The third kappa shape index (κ3) is 7.63. The highest BCUT2D eigenvalue weighted by atomic mass is 14.0. The lowest BCUT2D eigenvalue weighted by molar-refractivity contribution is 0.607. The maximum Gasteiger partial charge on any atom is 0.0249 e. The Kier molecular flexibility index (Phi) is 9.18. The summed E-state index contributed by atoms with van der Waals surface area (Å²) in [5.41, 5.74) is 4.58. The van der Waals surface area contributed by atoms with Crippen molar-refractivity contribution in [2.75, 3.05) is 0 Å². The molecule has 0 bridgehead atoms. The minimum atomic E-state index is 0.885. The Balaban J connectivity index is 1.83. The molecule has 0 saturated heterocycles.